The Morgan fingerprint density at radius 3 is 2.25 bits per heavy atom. The quantitative estimate of drug-likeness (QED) is 0.600. The first kappa shape index (κ1) is 15.3. The molecule has 0 aromatic rings. The highest BCUT2D eigenvalue weighted by Gasteiger charge is 2.32. The van der Waals surface area contributed by atoms with E-state index in [9.17, 15) is 9.59 Å². The molecule has 0 aliphatic heterocycles. The summed E-state index contributed by atoms with van der Waals surface area (Å²) in [5.74, 6) is 0.354. The van der Waals surface area contributed by atoms with Gasteiger partial charge in [0.1, 0.15) is 11.4 Å². The fourth-order valence-electron chi connectivity index (χ4n) is 1.31. The molecule has 94 valence electrons. The number of ketones is 2. The van der Waals surface area contributed by atoms with Crippen LogP contribution in [0.1, 0.15) is 53.9 Å². The summed E-state index contributed by atoms with van der Waals surface area (Å²) < 4.78 is 5.65. The lowest BCUT2D eigenvalue weighted by atomic mass is 9.94. The third-order valence-corrected chi connectivity index (χ3v) is 2.79. The van der Waals surface area contributed by atoms with E-state index in [1.54, 1.807) is 6.92 Å². The first-order valence-corrected chi connectivity index (χ1v) is 5.98. The lowest BCUT2D eigenvalue weighted by Crippen LogP contribution is -2.39. The van der Waals surface area contributed by atoms with Crippen molar-refractivity contribution in [1.29, 1.82) is 0 Å². The molecule has 0 heterocycles. The molecule has 3 nitrogen and oxygen atoms in total. The standard InChI is InChI=1S/C13H24O3/c1-6-13(5,12(15)9-11(4)14)16-8-7-10(2)3/h10H,6-9H2,1-5H3. The van der Waals surface area contributed by atoms with Crippen LogP contribution in [-0.4, -0.2) is 23.8 Å². The van der Waals surface area contributed by atoms with Crippen LogP contribution in [0.4, 0.5) is 0 Å². The van der Waals surface area contributed by atoms with Crippen molar-refractivity contribution in [2.45, 2.75) is 59.5 Å². The summed E-state index contributed by atoms with van der Waals surface area (Å²) in [5, 5.41) is 0. The topological polar surface area (TPSA) is 43.4 Å². The first-order valence-electron chi connectivity index (χ1n) is 5.98. The van der Waals surface area contributed by atoms with Crippen LogP contribution >= 0.6 is 0 Å². The van der Waals surface area contributed by atoms with E-state index in [1.165, 1.54) is 6.92 Å². The molecule has 3 heteroatoms. The lowest BCUT2D eigenvalue weighted by Gasteiger charge is -2.27. The first-order chi connectivity index (χ1) is 7.31. The van der Waals surface area contributed by atoms with Crippen molar-refractivity contribution in [3.05, 3.63) is 0 Å². The maximum Gasteiger partial charge on any atom is 0.171 e. The Hall–Kier alpha value is -0.700. The molecule has 1 atom stereocenters. The van der Waals surface area contributed by atoms with Crippen molar-refractivity contribution >= 4 is 11.6 Å². The molecule has 0 saturated carbocycles. The summed E-state index contributed by atoms with van der Waals surface area (Å²) in [6.07, 6.45) is 1.52. The van der Waals surface area contributed by atoms with Crippen molar-refractivity contribution in [3.63, 3.8) is 0 Å². The van der Waals surface area contributed by atoms with Gasteiger partial charge in [-0.1, -0.05) is 20.8 Å². The average Bonchev–Trinajstić information content (AvgIpc) is 2.15. The van der Waals surface area contributed by atoms with Crippen LogP contribution in [-0.2, 0) is 14.3 Å². The molecule has 1 unspecified atom stereocenters. The number of carbonyl (C=O) groups excluding carboxylic acids is 2. The molecule has 0 radical (unpaired) electrons. The summed E-state index contributed by atoms with van der Waals surface area (Å²) in [6, 6.07) is 0. The van der Waals surface area contributed by atoms with Gasteiger partial charge in [0.25, 0.3) is 0 Å². The van der Waals surface area contributed by atoms with Gasteiger partial charge in [-0.15, -0.1) is 0 Å². The van der Waals surface area contributed by atoms with Gasteiger partial charge < -0.3 is 4.74 Å². The van der Waals surface area contributed by atoms with Crippen LogP contribution in [0.25, 0.3) is 0 Å². The highest BCUT2D eigenvalue weighted by atomic mass is 16.5. The van der Waals surface area contributed by atoms with E-state index >= 15 is 0 Å². The zero-order valence-corrected chi connectivity index (χ0v) is 11.1. The normalized spacial score (nSPS) is 14.9. The van der Waals surface area contributed by atoms with Gasteiger partial charge in [0.2, 0.25) is 0 Å². The summed E-state index contributed by atoms with van der Waals surface area (Å²) in [6.45, 7) is 9.92. The highest BCUT2D eigenvalue weighted by Crippen LogP contribution is 2.19. The van der Waals surface area contributed by atoms with E-state index in [1.807, 2.05) is 6.92 Å². The predicted molar refractivity (Wildman–Crippen MR) is 64.4 cm³/mol. The second kappa shape index (κ2) is 6.79. The molecule has 0 aliphatic rings. The number of carbonyl (C=O) groups is 2. The highest BCUT2D eigenvalue weighted by molar-refractivity contribution is 6.01. The Morgan fingerprint density at radius 2 is 1.88 bits per heavy atom. The van der Waals surface area contributed by atoms with E-state index < -0.39 is 5.60 Å². The third-order valence-electron chi connectivity index (χ3n) is 2.79. The lowest BCUT2D eigenvalue weighted by molar-refractivity contribution is -0.145. The molecular formula is C13H24O3. The molecule has 16 heavy (non-hydrogen) atoms. The van der Waals surface area contributed by atoms with E-state index in [0.29, 0.717) is 18.9 Å². The number of rotatable bonds is 8. The summed E-state index contributed by atoms with van der Waals surface area (Å²) in [5.41, 5.74) is -0.791. The molecule has 0 spiro atoms. The van der Waals surface area contributed by atoms with Gasteiger partial charge in [-0.3, -0.25) is 9.59 Å². The van der Waals surface area contributed by atoms with Crippen LogP contribution < -0.4 is 0 Å². The van der Waals surface area contributed by atoms with Gasteiger partial charge >= 0.3 is 0 Å². The third kappa shape index (κ3) is 5.40. The molecule has 0 aromatic heterocycles. The van der Waals surface area contributed by atoms with Gasteiger partial charge in [-0.25, -0.2) is 0 Å². The molecule has 0 aromatic carbocycles. The summed E-state index contributed by atoms with van der Waals surface area (Å²) >= 11 is 0. The Balaban J connectivity index is 4.29. The van der Waals surface area contributed by atoms with Crippen molar-refractivity contribution in [1.82, 2.24) is 0 Å². The van der Waals surface area contributed by atoms with Gasteiger partial charge in [0.15, 0.2) is 5.78 Å². The largest absolute Gasteiger partial charge is 0.367 e. The zero-order chi connectivity index (χ0) is 12.8. The Morgan fingerprint density at radius 1 is 1.31 bits per heavy atom. The van der Waals surface area contributed by atoms with E-state index in [0.717, 1.165) is 6.42 Å². The predicted octanol–water partition coefficient (Wildman–Crippen LogP) is 2.77. The molecule has 0 rings (SSSR count). The Kier molecular flexibility index (Phi) is 6.49. The van der Waals surface area contributed by atoms with Crippen LogP contribution in [0, 0.1) is 5.92 Å². The Bertz CT molecular complexity index is 246. The second-order valence-electron chi connectivity index (χ2n) is 4.92. The molecule has 0 aliphatic carbocycles. The number of ether oxygens (including phenoxy) is 1. The monoisotopic (exact) mass is 228 g/mol. The van der Waals surface area contributed by atoms with Gasteiger partial charge in [0.05, 0.1) is 6.42 Å². The van der Waals surface area contributed by atoms with Crippen LogP contribution in [0.3, 0.4) is 0 Å². The number of hydrogen-bond acceptors (Lipinski definition) is 3. The van der Waals surface area contributed by atoms with Crippen LogP contribution in [0.15, 0.2) is 0 Å². The average molecular weight is 228 g/mol. The maximum absolute atomic E-state index is 11.8. The fourth-order valence-corrected chi connectivity index (χ4v) is 1.31. The minimum Gasteiger partial charge on any atom is -0.367 e. The SMILES string of the molecule is CCC(C)(OCCC(C)C)C(=O)CC(C)=O. The van der Waals surface area contributed by atoms with Crippen molar-refractivity contribution in [2.24, 2.45) is 5.92 Å². The van der Waals surface area contributed by atoms with Crippen LogP contribution in [0.2, 0.25) is 0 Å². The molecule has 0 bridgehead atoms. The molecular weight excluding hydrogens is 204 g/mol. The minimum atomic E-state index is -0.791. The second-order valence-corrected chi connectivity index (χ2v) is 4.92. The molecule has 0 amide bonds. The smallest absolute Gasteiger partial charge is 0.171 e. The van der Waals surface area contributed by atoms with E-state index in [4.69, 9.17) is 4.74 Å². The van der Waals surface area contributed by atoms with Crippen molar-refractivity contribution in [2.75, 3.05) is 6.61 Å². The molecule has 0 saturated heterocycles. The van der Waals surface area contributed by atoms with Crippen molar-refractivity contribution < 1.29 is 14.3 Å². The fraction of sp³-hybridized carbons (Fsp3) is 0.846. The van der Waals surface area contributed by atoms with Gasteiger partial charge in [-0.2, -0.15) is 0 Å². The van der Waals surface area contributed by atoms with E-state index in [2.05, 4.69) is 13.8 Å². The summed E-state index contributed by atoms with van der Waals surface area (Å²) in [4.78, 5) is 22.8. The van der Waals surface area contributed by atoms with Crippen molar-refractivity contribution in [3.8, 4) is 0 Å². The molecule has 0 N–H and O–H groups in total. The summed E-state index contributed by atoms with van der Waals surface area (Å²) in [7, 11) is 0. The number of hydrogen-bond donors (Lipinski definition) is 0. The maximum atomic E-state index is 11.8. The zero-order valence-electron chi connectivity index (χ0n) is 11.1. The minimum absolute atomic E-state index is 0.0218. The number of Topliss-reactive ketones (excluding diaryl/α,β-unsaturated/α-hetero) is 2. The van der Waals surface area contributed by atoms with Crippen LogP contribution in [0.5, 0.6) is 0 Å². The molecule has 0 fully saturated rings. The van der Waals surface area contributed by atoms with Gasteiger partial charge in [-0.05, 0) is 32.6 Å². The van der Waals surface area contributed by atoms with Gasteiger partial charge in [0, 0.05) is 6.61 Å². The van der Waals surface area contributed by atoms with E-state index in [-0.39, 0.29) is 18.0 Å². The Labute approximate surface area is 98.6 Å².